The Morgan fingerprint density at radius 1 is 1.25 bits per heavy atom. The van der Waals surface area contributed by atoms with Crippen LogP contribution in [0.4, 0.5) is 4.39 Å². The van der Waals surface area contributed by atoms with Crippen LogP contribution in [0.1, 0.15) is 56.6 Å². The largest absolute Gasteiger partial charge is 0.207 e. The van der Waals surface area contributed by atoms with Crippen LogP contribution in [-0.4, -0.2) is 0 Å². The lowest BCUT2D eigenvalue weighted by Crippen LogP contribution is -2.02. The zero-order chi connectivity index (χ0) is 11.5. The Hall–Kier alpha value is -0.850. The standard InChI is InChI=1S/C15H21F/c1-11(2)13-7-8-15(16)14(10-13)9-12-5-3-4-6-12/h7-8,10-12H,3-6,9H2,1-2H3. The van der Waals surface area contributed by atoms with E-state index in [4.69, 9.17) is 0 Å². The van der Waals surface area contributed by atoms with E-state index < -0.39 is 0 Å². The van der Waals surface area contributed by atoms with Gasteiger partial charge in [-0.1, -0.05) is 51.7 Å². The van der Waals surface area contributed by atoms with Crippen molar-refractivity contribution in [2.45, 2.75) is 51.9 Å². The molecule has 1 saturated carbocycles. The Bertz CT molecular complexity index is 348. The zero-order valence-electron chi connectivity index (χ0n) is 10.3. The Morgan fingerprint density at radius 2 is 1.94 bits per heavy atom. The smallest absolute Gasteiger partial charge is 0.126 e. The summed E-state index contributed by atoms with van der Waals surface area (Å²) in [6.07, 6.45) is 6.16. The molecule has 16 heavy (non-hydrogen) atoms. The molecule has 0 nitrogen and oxygen atoms in total. The van der Waals surface area contributed by atoms with Gasteiger partial charge in [0.25, 0.3) is 0 Å². The van der Waals surface area contributed by atoms with E-state index in [-0.39, 0.29) is 5.82 Å². The van der Waals surface area contributed by atoms with Crippen LogP contribution in [0.15, 0.2) is 18.2 Å². The van der Waals surface area contributed by atoms with Crippen molar-refractivity contribution in [2.75, 3.05) is 0 Å². The highest BCUT2D eigenvalue weighted by atomic mass is 19.1. The van der Waals surface area contributed by atoms with Gasteiger partial charge in [0, 0.05) is 0 Å². The third kappa shape index (κ3) is 2.63. The first-order valence-corrected chi connectivity index (χ1v) is 6.45. The second kappa shape index (κ2) is 4.99. The first-order chi connectivity index (χ1) is 7.66. The fourth-order valence-electron chi connectivity index (χ4n) is 2.64. The summed E-state index contributed by atoms with van der Waals surface area (Å²) in [6.45, 7) is 4.32. The molecule has 1 heteroatoms. The van der Waals surface area contributed by atoms with Crippen LogP contribution in [-0.2, 0) is 6.42 Å². The normalized spacial score (nSPS) is 17.2. The van der Waals surface area contributed by atoms with Gasteiger partial charge in [-0.2, -0.15) is 0 Å². The summed E-state index contributed by atoms with van der Waals surface area (Å²) in [5, 5.41) is 0. The molecular formula is C15H21F. The van der Waals surface area contributed by atoms with Crippen molar-refractivity contribution in [1.82, 2.24) is 0 Å². The number of benzene rings is 1. The number of rotatable bonds is 3. The maximum absolute atomic E-state index is 13.7. The number of hydrogen-bond acceptors (Lipinski definition) is 0. The van der Waals surface area contributed by atoms with Gasteiger partial charge in [0.2, 0.25) is 0 Å². The zero-order valence-corrected chi connectivity index (χ0v) is 10.3. The van der Waals surface area contributed by atoms with Crippen molar-refractivity contribution in [1.29, 1.82) is 0 Å². The molecule has 1 fully saturated rings. The van der Waals surface area contributed by atoms with E-state index in [9.17, 15) is 4.39 Å². The Kier molecular flexibility index (Phi) is 3.63. The molecule has 0 heterocycles. The summed E-state index contributed by atoms with van der Waals surface area (Å²) in [4.78, 5) is 0. The molecule has 0 amide bonds. The van der Waals surface area contributed by atoms with Crippen molar-refractivity contribution in [2.24, 2.45) is 5.92 Å². The molecule has 0 saturated heterocycles. The van der Waals surface area contributed by atoms with Crippen LogP contribution in [0.5, 0.6) is 0 Å². The van der Waals surface area contributed by atoms with Gasteiger partial charge in [0.1, 0.15) is 5.82 Å². The Morgan fingerprint density at radius 3 is 2.56 bits per heavy atom. The van der Waals surface area contributed by atoms with E-state index in [0.717, 1.165) is 17.9 Å². The van der Waals surface area contributed by atoms with Gasteiger partial charge in [-0.25, -0.2) is 4.39 Å². The highest BCUT2D eigenvalue weighted by Crippen LogP contribution is 2.29. The highest BCUT2D eigenvalue weighted by molar-refractivity contribution is 5.27. The van der Waals surface area contributed by atoms with E-state index in [1.807, 2.05) is 6.07 Å². The Balaban J connectivity index is 2.14. The van der Waals surface area contributed by atoms with Crippen LogP contribution < -0.4 is 0 Å². The minimum Gasteiger partial charge on any atom is -0.207 e. The molecular weight excluding hydrogens is 199 g/mol. The van der Waals surface area contributed by atoms with Gasteiger partial charge in [-0.3, -0.25) is 0 Å². The average Bonchev–Trinajstić information content (AvgIpc) is 2.73. The van der Waals surface area contributed by atoms with E-state index >= 15 is 0 Å². The highest BCUT2D eigenvalue weighted by Gasteiger charge is 2.17. The third-order valence-corrected chi connectivity index (χ3v) is 3.72. The second-order valence-electron chi connectivity index (χ2n) is 5.36. The fourth-order valence-corrected chi connectivity index (χ4v) is 2.64. The quantitative estimate of drug-likeness (QED) is 0.693. The maximum atomic E-state index is 13.7. The van der Waals surface area contributed by atoms with Gasteiger partial charge in [0.05, 0.1) is 0 Å². The monoisotopic (exact) mass is 220 g/mol. The van der Waals surface area contributed by atoms with Gasteiger partial charge in [-0.05, 0) is 35.4 Å². The summed E-state index contributed by atoms with van der Waals surface area (Å²) in [6, 6.07) is 5.62. The fraction of sp³-hybridized carbons (Fsp3) is 0.600. The lowest BCUT2D eigenvalue weighted by Gasteiger charge is -2.13. The van der Waals surface area contributed by atoms with Crippen molar-refractivity contribution in [3.63, 3.8) is 0 Å². The lowest BCUT2D eigenvalue weighted by atomic mass is 9.94. The Labute approximate surface area is 97.9 Å². The molecule has 0 unspecified atom stereocenters. The first-order valence-electron chi connectivity index (χ1n) is 6.45. The predicted octanol–water partition coefficient (Wildman–Crippen LogP) is 4.68. The van der Waals surface area contributed by atoms with Crippen LogP contribution in [0, 0.1) is 11.7 Å². The van der Waals surface area contributed by atoms with E-state index in [2.05, 4.69) is 19.9 Å². The summed E-state index contributed by atoms with van der Waals surface area (Å²) >= 11 is 0. The van der Waals surface area contributed by atoms with E-state index in [0.29, 0.717) is 5.92 Å². The minimum atomic E-state index is -0.0173. The van der Waals surface area contributed by atoms with Gasteiger partial charge in [-0.15, -0.1) is 0 Å². The van der Waals surface area contributed by atoms with Crippen molar-refractivity contribution in [3.05, 3.63) is 35.1 Å². The van der Waals surface area contributed by atoms with E-state index in [1.54, 1.807) is 6.07 Å². The predicted molar refractivity (Wildman–Crippen MR) is 66.2 cm³/mol. The molecule has 1 aromatic rings. The molecule has 88 valence electrons. The minimum absolute atomic E-state index is 0.0173. The molecule has 0 atom stereocenters. The molecule has 0 radical (unpaired) electrons. The van der Waals surface area contributed by atoms with Crippen LogP contribution in [0.3, 0.4) is 0 Å². The number of hydrogen-bond donors (Lipinski definition) is 0. The molecule has 1 aromatic carbocycles. The molecule has 0 aliphatic heterocycles. The molecule has 0 spiro atoms. The van der Waals surface area contributed by atoms with Gasteiger partial charge < -0.3 is 0 Å². The topological polar surface area (TPSA) is 0 Å². The summed E-state index contributed by atoms with van der Waals surface area (Å²) in [5.41, 5.74) is 2.19. The molecule has 0 bridgehead atoms. The van der Waals surface area contributed by atoms with Crippen LogP contribution >= 0.6 is 0 Å². The van der Waals surface area contributed by atoms with Crippen molar-refractivity contribution >= 4 is 0 Å². The average molecular weight is 220 g/mol. The van der Waals surface area contributed by atoms with Crippen LogP contribution in [0.2, 0.25) is 0 Å². The molecule has 0 aromatic heterocycles. The summed E-state index contributed by atoms with van der Waals surface area (Å²) in [7, 11) is 0. The number of halogens is 1. The summed E-state index contributed by atoms with van der Waals surface area (Å²) in [5.74, 6) is 1.19. The molecule has 1 aliphatic rings. The van der Waals surface area contributed by atoms with Crippen molar-refractivity contribution in [3.8, 4) is 0 Å². The molecule has 2 rings (SSSR count). The second-order valence-corrected chi connectivity index (χ2v) is 5.36. The first kappa shape index (κ1) is 11.6. The SMILES string of the molecule is CC(C)c1ccc(F)c(CC2CCCC2)c1. The molecule has 1 aliphatic carbocycles. The molecule has 0 N–H and O–H groups in total. The van der Waals surface area contributed by atoms with Crippen molar-refractivity contribution < 1.29 is 4.39 Å². The van der Waals surface area contributed by atoms with E-state index in [1.165, 1.54) is 31.2 Å². The third-order valence-electron chi connectivity index (χ3n) is 3.72. The summed E-state index contributed by atoms with van der Waals surface area (Å²) < 4.78 is 13.7. The van der Waals surface area contributed by atoms with Gasteiger partial charge >= 0.3 is 0 Å². The maximum Gasteiger partial charge on any atom is 0.126 e. The van der Waals surface area contributed by atoms with Crippen LogP contribution in [0.25, 0.3) is 0 Å². The lowest BCUT2D eigenvalue weighted by molar-refractivity contribution is 0.520. The van der Waals surface area contributed by atoms with Gasteiger partial charge in [0.15, 0.2) is 0 Å².